The number of thioether (sulfide) groups is 1. The van der Waals surface area contributed by atoms with Crippen molar-refractivity contribution >= 4 is 45.8 Å². The Balaban J connectivity index is 1.48. The molecule has 2 aromatic heterocycles. The quantitative estimate of drug-likeness (QED) is 0.497. The van der Waals surface area contributed by atoms with Gasteiger partial charge in [-0.15, -0.1) is 21.5 Å². The van der Waals surface area contributed by atoms with E-state index in [0.29, 0.717) is 24.1 Å². The molecule has 0 aliphatic carbocycles. The average Bonchev–Trinajstić information content (AvgIpc) is 3.39. The van der Waals surface area contributed by atoms with Gasteiger partial charge in [0, 0.05) is 37.7 Å². The zero-order valence-corrected chi connectivity index (χ0v) is 19.6. The van der Waals surface area contributed by atoms with Crippen molar-refractivity contribution in [3.05, 3.63) is 40.9 Å². The van der Waals surface area contributed by atoms with Crippen LogP contribution in [0.1, 0.15) is 25.1 Å². The van der Waals surface area contributed by atoms with Crippen molar-refractivity contribution in [3.63, 3.8) is 0 Å². The van der Waals surface area contributed by atoms with Crippen LogP contribution in [0.3, 0.4) is 0 Å². The summed E-state index contributed by atoms with van der Waals surface area (Å²) in [6.45, 7) is 9.58. The van der Waals surface area contributed by atoms with E-state index in [2.05, 4.69) is 26.6 Å². The minimum atomic E-state index is -0.0555. The maximum atomic E-state index is 12.3. The third-order valence-corrected chi connectivity index (χ3v) is 6.84. The summed E-state index contributed by atoms with van der Waals surface area (Å²) >= 11 is 3.09. The van der Waals surface area contributed by atoms with Gasteiger partial charge in [0.25, 0.3) is 0 Å². The molecule has 1 saturated heterocycles. The number of nitrogens with zero attached hydrogens (tertiary/aromatic N) is 6. The Kier molecular flexibility index (Phi) is 6.89. The highest BCUT2D eigenvalue weighted by molar-refractivity contribution is 7.98. The van der Waals surface area contributed by atoms with E-state index in [1.54, 1.807) is 23.6 Å². The first-order chi connectivity index (χ1) is 15.1. The maximum absolute atomic E-state index is 12.3. The highest BCUT2D eigenvalue weighted by Crippen LogP contribution is 2.32. The van der Waals surface area contributed by atoms with Crippen molar-refractivity contribution in [2.75, 3.05) is 36.1 Å². The second kappa shape index (κ2) is 9.80. The summed E-state index contributed by atoms with van der Waals surface area (Å²) < 4.78 is 7.58. The molecular formula is C21H26N6O2S2. The second-order valence-corrected chi connectivity index (χ2v) is 9.01. The van der Waals surface area contributed by atoms with Crippen LogP contribution >= 0.6 is 23.1 Å². The lowest BCUT2D eigenvalue weighted by molar-refractivity contribution is -0.115. The van der Waals surface area contributed by atoms with Crippen molar-refractivity contribution < 1.29 is 9.53 Å². The number of aryl methyl sites for hydroxylation is 1. The molecule has 164 valence electrons. The van der Waals surface area contributed by atoms with Crippen LogP contribution in [0.25, 0.3) is 0 Å². The number of aromatic nitrogens is 4. The Morgan fingerprint density at radius 3 is 2.81 bits per heavy atom. The van der Waals surface area contributed by atoms with Gasteiger partial charge in [-0.2, -0.15) is 0 Å². The predicted octanol–water partition coefficient (Wildman–Crippen LogP) is 3.88. The molecule has 1 aromatic carbocycles. The summed E-state index contributed by atoms with van der Waals surface area (Å²) in [6, 6.07) is 7.89. The standard InChI is InChI=1S/C21H26N6O2S2/c1-4-26-19(25-8-10-29-11-9-25)23-24-21(26)31-14-17-13-30-20(22-17)27(16(3)28)18-7-5-6-15(2)12-18/h5-7,12-13H,4,8-11,14H2,1-3H3. The summed E-state index contributed by atoms with van der Waals surface area (Å²) in [5.41, 5.74) is 2.86. The average molecular weight is 459 g/mol. The molecular weight excluding hydrogens is 432 g/mol. The van der Waals surface area contributed by atoms with Gasteiger partial charge >= 0.3 is 0 Å². The van der Waals surface area contributed by atoms with E-state index in [9.17, 15) is 4.79 Å². The number of hydrogen-bond acceptors (Lipinski definition) is 8. The molecule has 1 aliphatic heterocycles. The molecule has 0 spiro atoms. The Morgan fingerprint density at radius 2 is 2.10 bits per heavy atom. The van der Waals surface area contributed by atoms with Crippen molar-refractivity contribution in [2.24, 2.45) is 0 Å². The van der Waals surface area contributed by atoms with E-state index in [1.165, 1.54) is 11.3 Å². The Bertz CT molecular complexity index is 1040. The summed E-state index contributed by atoms with van der Waals surface area (Å²) in [5, 5.41) is 12.4. The van der Waals surface area contributed by atoms with E-state index < -0.39 is 0 Å². The largest absolute Gasteiger partial charge is 0.378 e. The molecule has 10 heteroatoms. The molecule has 8 nitrogen and oxygen atoms in total. The SMILES string of the molecule is CCn1c(SCc2csc(N(C(C)=O)c3cccc(C)c3)n2)nnc1N1CCOCC1. The fraction of sp³-hybridized carbons (Fsp3) is 0.429. The van der Waals surface area contributed by atoms with Crippen LogP contribution in [0.15, 0.2) is 34.8 Å². The van der Waals surface area contributed by atoms with Crippen LogP contribution in [0.4, 0.5) is 16.8 Å². The van der Waals surface area contributed by atoms with Gasteiger partial charge < -0.3 is 9.64 Å². The molecule has 31 heavy (non-hydrogen) atoms. The summed E-state index contributed by atoms with van der Waals surface area (Å²) in [5.74, 6) is 1.51. The smallest absolute Gasteiger partial charge is 0.230 e. The minimum Gasteiger partial charge on any atom is -0.378 e. The molecule has 0 N–H and O–H groups in total. The molecule has 3 aromatic rings. The number of rotatable bonds is 7. The molecule has 1 amide bonds. The first-order valence-electron chi connectivity index (χ1n) is 10.3. The lowest BCUT2D eigenvalue weighted by atomic mass is 10.2. The minimum absolute atomic E-state index is 0.0555. The normalized spacial score (nSPS) is 14.1. The first-order valence-corrected chi connectivity index (χ1v) is 12.1. The van der Waals surface area contributed by atoms with Gasteiger partial charge in [-0.1, -0.05) is 23.9 Å². The van der Waals surface area contributed by atoms with Crippen LogP contribution in [0.2, 0.25) is 0 Å². The topological polar surface area (TPSA) is 76.4 Å². The molecule has 0 bridgehead atoms. The van der Waals surface area contributed by atoms with Gasteiger partial charge in [0.1, 0.15) is 0 Å². The van der Waals surface area contributed by atoms with E-state index in [0.717, 1.165) is 47.7 Å². The number of benzene rings is 1. The van der Waals surface area contributed by atoms with Gasteiger partial charge in [0.2, 0.25) is 11.9 Å². The van der Waals surface area contributed by atoms with Crippen LogP contribution in [-0.2, 0) is 21.8 Å². The highest BCUT2D eigenvalue weighted by Gasteiger charge is 2.21. The number of anilines is 3. The van der Waals surface area contributed by atoms with Crippen LogP contribution in [-0.4, -0.2) is 52.0 Å². The maximum Gasteiger partial charge on any atom is 0.230 e. The molecule has 0 radical (unpaired) electrons. The second-order valence-electron chi connectivity index (χ2n) is 7.23. The number of hydrogen-bond donors (Lipinski definition) is 0. The highest BCUT2D eigenvalue weighted by atomic mass is 32.2. The Morgan fingerprint density at radius 1 is 1.29 bits per heavy atom. The molecule has 1 aliphatic rings. The summed E-state index contributed by atoms with van der Waals surface area (Å²) in [6.07, 6.45) is 0. The number of morpholine rings is 1. The number of carbonyl (C=O) groups is 1. The molecule has 0 saturated carbocycles. The lowest BCUT2D eigenvalue weighted by Crippen LogP contribution is -2.38. The van der Waals surface area contributed by atoms with Gasteiger partial charge in [0.05, 0.1) is 24.6 Å². The number of carbonyl (C=O) groups excluding carboxylic acids is 1. The summed E-state index contributed by atoms with van der Waals surface area (Å²) in [4.78, 5) is 20.9. The molecule has 3 heterocycles. The lowest BCUT2D eigenvalue weighted by Gasteiger charge is -2.27. The van der Waals surface area contributed by atoms with Crippen molar-refractivity contribution in [1.82, 2.24) is 19.7 Å². The molecule has 1 fully saturated rings. The van der Waals surface area contributed by atoms with E-state index >= 15 is 0 Å². The van der Waals surface area contributed by atoms with Crippen molar-refractivity contribution in [2.45, 2.75) is 38.2 Å². The zero-order chi connectivity index (χ0) is 21.8. The van der Waals surface area contributed by atoms with Crippen LogP contribution in [0, 0.1) is 6.92 Å². The fourth-order valence-electron chi connectivity index (χ4n) is 3.46. The first kappa shape index (κ1) is 21.8. The van der Waals surface area contributed by atoms with Crippen molar-refractivity contribution in [3.8, 4) is 0 Å². The summed E-state index contributed by atoms with van der Waals surface area (Å²) in [7, 11) is 0. The van der Waals surface area contributed by atoms with Crippen LogP contribution in [0.5, 0.6) is 0 Å². The monoisotopic (exact) mass is 458 g/mol. The number of thiazole rings is 1. The fourth-order valence-corrected chi connectivity index (χ4v) is 5.34. The van der Waals surface area contributed by atoms with Gasteiger partial charge in [-0.05, 0) is 31.5 Å². The van der Waals surface area contributed by atoms with Crippen LogP contribution < -0.4 is 9.80 Å². The van der Waals surface area contributed by atoms with E-state index in [-0.39, 0.29) is 5.91 Å². The predicted molar refractivity (Wildman–Crippen MR) is 124 cm³/mol. The van der Waals surface area contributed by atoms with Gasteiger partial charge in [0.15, 0.2) is 10.3 Å². The number of amides is 1. The molecule has 0 unspecified atom stereocenters. The third kappa shape index (κ3) is 4.91. The van der Waals surface area contributed by atoms with E-state index in [4.69, 9.17) is 9.72 Å². The molecule has 4 rings (SSSR count). The van der Waals surface area contributed by atoms with E-state index in [1.807, 2.05) is 36.6 Å². The third-order valence-electron chi connectivity index (χ3n) is 4.96. The Hall–Kier alpha value is -2.43. The number of ether oxygens (including phenoxy) is 1. The van der Waals surface area contributed by atoms with Crippen molar-refractivity contribution in [1.29, 1.82) is 0 Å². The Labute approximate surface area is 190 Å². The van der Waals surface area contributed by atoms with Gasteiger partial charge in [-0.3, -0.25) is 14.3 Å². The van der Waals surface area contributed by atoms with Gasteiger partial charge in [-0.25, -0.2) is 4.98 Å². The molecule has 0 atom stereocenters. The zero-order valence-electron chi connectivity index (χ0n) is 17.9.